The summed E-state index contributed by atoms with van der Waals surface area (Å²) in [6, 6.07) is 15.9. The molecule has 2 heterocycles. The maximum absolute atomic E-state index is 12.4. The van der Waals surface area contributed by atoms with Crippen molar-refractivity contribution in [1.82, 2.24) is 14.9 Å². The van der Waals surface area contributed by atoms with Gasteiger partial charge in [-0.3, -0.25) is 4.79 Å². The van der Waals surface area contributed by atoms with E-state index in [0.717, 1.165) is 28.2 Å². The van der Waals surface area contributed by atoms with Gasteiger partial charge < -0.3 is 14.6 Å². The number of aromatic nitrogens is 2. The highest BCUT2D eigenvalue weighted by Crippen LogP contribution is 2.39. The van der Waals surface area contributed by atoms with Crippen LogP contribution in [0.5, 0.6) is 5.75 Å². The van der Waals surface area contributed by atoms with Gasteiger partial charge in [-0.1, -0.05) is 24.3 Å². The van der Waals surface area contributed by atoms with Gasteiger partial charge in [-0.05, 0) is 36.8 Å². The molecule has 1 atom stereocenters. The summed E-state index contributed by atoms with van der Waals surface area (Å²) in [6.45, 7) is 3.10. The molecule has 1 amide bonds. The Hall–Kier alpha value is -2.47. The van der Waals surface area contributed by atoms with Crippen molar-refractivity contribution in [2.24, 2.45) is 0 Å². The lowest BCUT2D eigenvalue weighted by Gasteiger charge is -2.23. The number of para-hydroxylation sites is 2. The van der Waals surface area contributed by atoms with Gasteiger partial charge in [0.05, 0.1) is 29.9 Å². The first-order valence-electron chi connectivity index (χ1n) is 8.32. The molecule has 0 aliphatic carbocycles. The van der Waals surface area contributed by atoms with Gasteiger partial charge in [-0.15, -0.1) is 11.8 Å². The first kappa shape index (κ1) is 16.0. The maximum atomic E-state index is 12.4. The number of amides is 1. The standard InChI is InChI=1S/C19H19N3O2S/c1-2-24-14-9-7-13(8-10-14)19-22(18(23)12-25-19)11-17-20-15-5-3-4-6-16(15)21-17/h3-10,19H,2,11-12H2,1H3,(H,20,21). The summed E-state index contributed by atoms with van der Waals surface area (Å²) >= 11 is 1.65. The smallest absolute Gasteiger partial charge is 0.234 e. The molecule has 1 aliphatic rings. The van der Waals surface area contributed by atoms with Crippen molar-refractivity contribution in [1.29, 1.82) is 0 Å². The van der Waals surface area contributed by atoms with E-state index in [-0.39, 0.29) is 11.3 Å². The molecule has 25 heavy (non-hydrogen) atoms. The van der Waals surface area contributed by atoms with Gasteiger partial charge >= 0.3 is 0 Å². The van der Waals surface area contributed by atoms with E-state index in [1.54, 1.807) is 11.8 Å². The molecule has 0 radical (unpaired) electrons. The summed E-state index contributed by atoms with van der Waals surface area (Å²) in [6.07, 6.45) is 0. The molecular weight excluding hydrogens is 334 g/mol. The van der Waals surface area contributed by atoms with Gasteiger partial charge in [0.1, 0.15) is 16.9 Å². The van der Waals surface area contributed by atoms with Gasteiger partial charge in [0, 0.05) is 0 Å². The summed E-state index contributed by atoms with van der Waals surface area (Å²) in [5.41, 5.74) is 3.03. The summed E-state index contributed by atoms with van der Waals surface area (Å²) in [5, 5.41) is 0.0105. The first-order chi connectivity index (χ1) is 12.2. The Balaban J connectivity index is 1.57. The fourth-order valence-electron chi connectivity index (χ4n) is 3.04. The Bertz CT molecular complexity index is 858. The molecule has 0 bridgehead atoms. The van der Waals surface area contributed by atoms with E-state index in [4.69, 9.17) is 4.74 Å². The number of aromatic amines is 1. The van der Waals surface area contributed by atoms with Crippen LogP contribution in [0.3, 0.4) is 0 Å². The van der Waals surface area contributed by atoms with Crippen molar-refractivity contribution < 1.29 is 9.53 Å². The van der Waals surface area contributed by atoms with Crippen molar-refractivity contribution in [2.45, 2.75) is 18.8 Å². The monoisotopic (exact) mass is 353 g/mol. The van der Waals surface area contributed by atoms with E-state index in [1.165, 1.54) is 0 Å². The van der Waals surface area contributed by atoms with Crippen LogP contribution in [0.25, 0.3) is 11.0 Å². The molecule has 1 aromatic heterocycles. The number of benzene rings is 2. The topological polar surface area (TPSA) is 58.2 Å². The Morgan fingerprint density at radius 2 is 2.04 bits per heavy atom. The Morgan fingerprint density at radius 3 is 2.80 bits per heavy atom. The summed E-state index contributed by atoms with van der Waals surface area (Å²) in [4.78, 5) is 22.2. The molecule has 5 nitrogen and oxygen atoms in total. The Morgan fingerprint density at radius 1 is 1.24 bits per heavy atom. The van der Waals surface area contributed by atoms with Crippen LogP contribution < -0.4 is 4.74 Å². The quantitative estimate of drug-likeness (QED) is 0.759. The number of imidazole rings is 1. The Kier molecular flexibility index (Phi) is 4.36. The number of nitrogens with zero attached hydrogens (tertiary/aromatic N) is 2. The molecule has 1 fully saturated rings. The molecule has 1 aliphatic heterocycles. The molecule has 0 saturated carbocycles. The molecule has 6 heteroatoms. The van der Waals surface area contributed by atoms with Crippen molar-refractivity contribution in [3.05, 3.63) is 59.9 Å². The van der Waals surface area contributed by atoms with Crippen LogP contribution in [0.4, 0.5) is 0 Å². The van der Waals surface area contributed by atoms with E-state index in [1.807, 2.05) is 60.4 Å². The molecule has 1 unspecified atom stereocenters. The predicted molar refractivity (Wildman–Crippen MR) is 99.5 cm³/mol. The number of ether oxygens (including phenoxy) is 1. The third-order valence-corrected chi connectivity index (χ3v) is 5.46. The van der Waals surface area contributed by atoms with Gasteiger partial charge in [-0.25, -0.2) is 4.98 Å². The van der Waals surface area contributed by atoms with Crippen molar-refractivity contribution in [3.8, 4) is 5.75 Å². The molecule has 2 aromatic carbocycles. The highest BCUT2D eigenvalue weighted by atomic mass is 32.2. The Labute approximate surface area is 150 Å². The largest absolute Gasteiger partial charge is 0.494 e. The van der Waals surface area contributed by atoms with Crippen molar-refractivity contribution in [3.63, 3.8) is 0 Å². The number of fused-ring (bicyclic) bond motifs is 1. The number of H-pyrrole nitrogens is 1. The molecule has 1 N–H and O–H groups in total. The third kappa shape index (κ3) is 3.22. The number of hydrogen-bond donors (Lipinski definition) is 1. The lowest BCUT2D eigenvalue weighted by atomic mass is 10.2. The molecule has 0 spiro atoms. The van der Waals surface area contributed by atoms with Crippen LogP contribution >= 0.6 is 11.8 Å². The minimum absolute atomic E-state index is 0.0105. The zero-order valence-electron chi connectivity index (χ0n) is 13.9. The second-order valence-electron chi connectivity index (χ2n) is 5.89. The first-order valence-corrected chi connectivity index (χ1v) is 9.37. The average molecular weight is 353 g/mol. The number of carbonyl (C=O) groups excluding carboxylic acids is 1. The van der Waals surface area contributed by atoms with Crippen LogP contribution in [-0.2, 0) is 11.3 Å². The van der Waals surface area contributed by atoms with Gasteiger partial charge in [0.2, 0.25) is 5.91 Å². The summed E-state index contributed by atoms with van der Waals surface area (Å²) < 4.78 is 5.50. The minimum Gasteiger partial charge on any atom is -0.494 e. The van der Waals surface area contributed by atoms with E-state index < -0.39 is 0 Å². The van der Waals surface area contributed by atoms with Crippen LogP contribution in [0.15, 0.2) is 48.5 Å². The fraction of sp³-hybridized carbons (Fsp3) is 0.263. The number of hydrogen-bond acceptors (Lipinski definition) is 4. The predicted octanol–water partition coefficient (Wildman–Crippen LogP) is 3.74. The maximum Gasteiger partial charge on any atom is 0.234 e. The number of thioether (sulfide) groups is 1. The number of carbonyl (C=O) groups is 1. The van der Waals surface area contributed by atoms with Gasteiger partial charge in [0.25, 0.3) is 0 Å². The van der Waals surface area contributed by atoms with Gasteiger partial charge in [0.15, 0.2) is 0 Å². The van der Waals surface area contributed by atoms with Crippen molar-refractivity contribution in [2.75, 3.05) is 12.4 Å². The summed E-state index contributed by atoms with van der Waals surface area (Å²) in [5.74, 6) is 2.31. The van der Waals surface area contributed by atoms with Crippen LogP contribution in [-0.4, -0.2) is 33.1 Å². The average Bonchev–Trinajstić information content (AvgIpc) is 3.20. The lowest BCUT2D eigenvalue weighted by Crippen LogP contribution is -2.28. The van der Waals surface area contributed by atoms with E-state index in [0.29, 0.717) is 18.9 Å². The van der Waals surface area contributed by atoms with Crippen LogP contribution in [0.1, 0.15) is 23.7 Å². The number of rotatable bonds is 5. The molecule has 4 rings (SSSR count). The van der Waals surface area contributed by atoms with E-state index in [2.05, 4.69) is 9.97 Å². The molecule has 128 valence electrons. The summed E-state index contributed by atoms with van der Waals surface area (Å²) in [7, 11) is 0. The van der Waals surface area contributed by atoms with Gasteiger partial charge in [-0.2, -0.15) is 0 Å². The van der Waals surface area contributed by atoms with Crippen LogP contribution in [0, 0.1) is 0 Å². The highest BCUT2D eigenvalue weighted by molar-refractivity contribution is 8.00. The molecule has 3 aromatic rings. The van der Waals surface area contributed by atoms with E-state index in [9.17, 15) is 4.79 Å². The number of nitrogens with one attached hydrogen (secondary N) is 1. The fourth-order valence-corrected chi connectivity index (χ4v) is 4.23. The van der Waals surface area contributed by atoms with Crippen LogP contribution in [0.2, 0.25) is 0 Å². The SMILES string of the molecule is CCOc1ccc(C2SCC(=O)N2Cc2nc3ccccc3[nH]2)cc1. The lowest BCUT2D eigenvalue weighted by molar-refractivity contribution is -0.128. The second kappa shape index (κ2) is 6.80. The second-order valence-corrected chi connectivity index (χ2v) is 6.96. The normalized spacial score (nSPS) is 17.4. The zero-order valence-corrected chi connectivity index (χ0v) is 14.8. The minimum atomic E-state index is 0.0105. The third-order valence-electron chi connectivity index (χ3n) is 4.20. The molecule has 1 saturated heterocycles. The zero-order chi connectivity index (χ0) is 17.2. The van der Waals surface area contributed by atoms with Crippen molar-refractivity contribution >= 4 is 28.7 Å². The highest BCUT2D eigenvalue weighted by Gasteiger charge is 2.33. The van der Waals surface area contributed by atoms with E-state index >= 15 is 0 Å². The molecular formula is C19H19N3O2S.